The Morgan fingerprint density at radius 1 is 1.27 bits per heavy atom. The van der Waals surface area contributed by atoms with Gasteiger partial charge in [-0.2, -0.15) is 0 Å². The fourth-order valence-corrected chi connectivity index (χ4v) is 2.34. The molecule has 2 aromatic rings. The van der Waals surface area contributed by atoms with Gasteiger partial charge in [0.25, 0.3) is 0 Å². The van der Waals surface area contributed by atoms with Crippen LogP contribution in [-0.2, 0) is 0 Å². The van der Waals surface area contributed by atoms with Gasteiger partial charge in [-0.3, -0.25) is 4.79 Å². The summed E-state index contributed by atoms with van der Waals surface area (Å²) in [7, 11) is 1.43. The third kappa shape index (κ3) is 3.08. The van der Waals surface area contributed by atoms with Gasteiger partial charge in [0.05, 0.1) is 7.11 Å². The molecule has 1 atom stereocenters. The first-order chi connectivity index (χ1) is 10.5. The topological polar surface area (TPSA) is 79.9 Å². The molecule has 0 amide bonds. The van der Waals surface area contributed by atoms with Crippen LogP contribution in [0.3, 0.4) is 0 Å². The molecule has 2 rings (SSSR count). The van der Waals surface area contributed by atoms with Crippen molar-refractivity contribution >= 4 is 0 Å². The Kier molecular flexibility index (Phi) is 4.75. The number of methoxy groups -OCH3 is 1. The predicted octanol–water partition coefficient (Wildman–Crippen LogP) is 3.63. The third-order valence-corrected chi connectivity index (χ3v) is 3.59. The Balaban J connectivity index is 2.57. The van der Waals surface area contributed by atoms with E-state index >= 15 is 0 Å². The number of ether oxygens (including phenoxy) is 1. The monoisotopic (exact) mass is 304 g/mol. The molecule has 0 saturated carbocycles. The summed E-state index contributed by atoms with van der Waals surface area (Å²) in [5, 5.41) is 19.6. The molecule has 1 heterocycles. The molecule has 0 fully saturated rings. The van der Waals surface area contributed by atoms with Crippen molar-refractivity contribution in [2.75, 3.05) is 7.11 Å². The molecule has 5 nitrogen and oxygen atoms in total. The van der Waals surface area contributed by atoms with E-state index in [0.29, 0.717) is 11.3 Å². The van der Waals surface area contributed by atoms with E-state index < -0.39 is 11.2 Å². The molecular formula is C17H20O5. The summed E-state index contributed by atoms with van der Waals surface area (Å²) in [6.07, 6.45) is 1.85. The zero-order chi connectivity index (χ0) is 16.3. The van der Waals surface area contributed by atoms with Crippen LogP contribution < -0.4 is 10.2 Å². The van der Waals surface area contributed by atoms with Crippen molar-refractivity contribution in [3.05, 3.63) is 40.2 Å². The highest BCUT2D eigenvalue weighted by atomic mass is 16.5. The second kappa shape index (κ2) is 6.56. The summed E-state index contributed by atoms with van der Waals surface area (Å²) in [4.78, 5) is 12.0. The Morgan fingerprint density at radius 3 is 2.64 bits per heavy atom. The van der Waals surface area contributed by atoms with E-state index in [0.717, 1.165) is 12.8 Å². The van der Waals surface area contributed by atoms with Crippen LogP contribution in [0.15, 0.2) is 33.5 Å². The maximum Gasteiger partial charge on any atom is 0.227 e. The Hall–Kier alpha value is -2.43. The predicted molar refractivity (Wildman–Crippen MR) is 83.6 cm³/mol. The largest absolute Gasteiger partial charge is 0.504 e. The molecule has 0 aliphatic heterocycles. The summed E-state index contributed by atoms with van der Waals surface area (Å²) in [6, 6.07) is 5.83. The van der Waals surface area contributed by atoms with Gasteiger partial charge >= 0.3 is 0 Å². The summed E-state index contributed by atoms with van der Waals surface area (Å²) in [5.74, 6) is 0.474. The second-order valence-corrected chi connectivity index (χ2v) is 5.27. The summed E-state index contributed by atoms with van der Waals surface area (Å²) < 4.78 is 10.8. The minimum atomic E-state index is -0.480. The minimum Gasteiger partial charge on any atom is -0.504 e. The van der Waals surface area contributed by atoms with E-state index in [1.807, 2.05) is 6.92 Å². The molecule has 118 valence electrons. The molecular weight excluding hydrogens is 284 g/mol. The first-order valence-electron chi connectivity index (χ1n) is 7.22. The van der Waals surface area contributed by atoms with Gasteiger partial charge in [-0.1, -0.05) is 20.3 Å². The standard InChI is InChI=1S/C17H20O5/c1-4-5-10(2)14-9-13(19)16(20)17(22-14)11-6-7-12(18)15(8-11)21-3/h6-10,18,20H,4-5H2,1-3H3. The van der Waals surface area contributed by atoms with Gasteiger partial charge in [0.15, 0.2) is 17.3 Å². The summed E-state index contributed by atoms with van der Waals surface area (Å²) in [6.45, 7) is 4.03. The fourth-order valence-electron chi connectivity index (χ4n) is 2.34. The van der Waals surface area contributed by atoms with Gasteiger partial charge in [0.1, 0.15) is 5.76 Å². The lowest BCUT2D eigenvalue weighted by molar-refractivity contribution is 0.373. The van der Waals surface area contributed by atoms with Gasteiger partial charge in [-0.15, -0.1) is 0 Å². The Labute approximate surface area is 128 Å². The maximum absolute atomic E-state index is 12.0. The minimum absolute atomic E-state index is 0.0245. The molecule has 1 aromatic carbocycles. The van der Waals surface area contributed by atoms with Crippen molar-refractivity contribution in [2.24, 2.45) is 0 Å². The maximum atomic E-state index is 12.0. The zero-order valence-corrected chi connectivity index (χ0v) is 12.9. The lowest BCUT2D eigenvalue weighted by atomic mass is 10.0. The van der Waals surface area contributed by atoms with E-state index in [-0.39, 0.29) is 23.2 Å². The molecule has 1 aromatic heterocycles. The smallest absolute Gasteiger partial charge is 0.227 e. The highest BCUT2D eigenvalue weighted by Gasteiger charge is 2.17. The van der Waals surface area contributed by atoms with E-state index in [4.69, 9.17) is 9.15 Å². The van der Waals surface area contributed by atoms with Gasteiger partial charge < -0.3 is 19.4 Å². The number of hydrogen-bond acceptors (Lipinski definition) is 5. The zero-order valence-electron chi connectivity index (χ0n) is 12.9. The normalized spacial score (nSPS) is 12.1. The first-order valence-corrected chi connectivity index (χ1v) is 7.22. The van der Waals surface area contributed by atoms with Crippen molar-refractivity contribution < 1.29 is 19.4 Å². The van der Waals surface area contributed by atoms with Gasteiger partial charge in [0, 0.05) is 17.5 Å². The van der Waals surface area contributed by atoms with Crippen molar-refractivity contribution in [2.45, 2.75) is 32.6 Å². The van der Waals surface area contributed by atoms with Gasteiger partial charge in [-0.05, 0) is 24.6 Å². The van der Waals surface area contributed by atoms with E-state index in [1.165, 1.54) is 25.3 Å². The van der Waals surface area contributed by atoms with Crippen LogP contribution in [0.4, 0.5) is 0 Å². The molecule has 0 radical (unpaired) electrons. The molecule has 0 bridgehead atoms. The number of phenolic OH excluding ortho intramolecular Hbond substituents is 1. The highest BCUT2D eigenvalue weighted by molar-refractivity contribution is 5.67. The summed E-state index contributed by atoms with van der Waals surface area (Å²) in [5.41, 5.74) is -0.0129. The van der Waals surface area contributed by atoms with E-state index in [9.17, 15) is 15.0 Å². The molecule has 0 aliphatic carbocycles. The number of benzene rings is 1. The molecule has 5 heteroatoms. The SMILES string of the molecule is CCCC(C)c1cc(=O)c(O)c(-c2ccc(O)c(OC)c2)o1. The molecule has 0 aliphatic rings. The van der Waals surface area contributed by atoms with Crippen LogP contribution in [0.1, 0.15) is 38.4 Å². The average Bonchev–Trinajstić information content (AvgIpc) is 2.50. The number of aromatic hydroxyl groups is 2. The molecule has 0 saturated heterocycles. The van der Waals surface area contributed by atoms with Crippen molar-refractivity contribution in [3.8, 4) is 28.6 Å². The molecule has 1 unspecified atom stereocenters. The number of hydrogen-bond donors (Lipinski definition) is 2. The Bertz CT molecular complexity index is 717. The van der Waals surface area contributed by atoms with Crippen LogP contribution >= 0.6 is 0 Å². The number of phenols is 1. The van der Waals surface area contributed by atoms with Crippen LogP contribution in [0.2, 0.25) is 0 Å². The van der Waals surface area contributed by atoms with Crippen LogP contribution in [-0.4, -0.2) is 17.3 Å². The highest BCUT2D eigenvalue weighted by Crippen LogP contribution is 2.35. The summed E-state index contributed by atoms with van der Waals surface area (Å²) >= 11 is 0. The van der Waals surface area contributed by atoms with E-state index in [2.05, 4.69) is 6.92 Å². The van der Waals surface area contributed by atoms with Crippen molar-refractivity contribution in [1.29, 1.82) is 0 Å². The van der Waals surface area contributed by atoms with Crippen LogP contribution in [0.25, 0.3) is 11.3 Å². The lowest BCUT2D eigenvalue weighted by Gasteiger charge is -2.12. The van der Waals surface area contributed by atoms with Crippen LogP contribution in [0.5, 0.6) is 17.2 Å². The third-order valence-electron chi connectivity index (χ3n) is 3.59. The van der Waals surface area contributed by atoms with Crippen molar-refractivity contribution in [3.63, 3.8) is 0 Å². The Morgan fingerprint density at radius 2 is 2.00 bits per heavy atom. The molecule has 0 spiro atoms. The van der Waals surface area contributed by atoms with Crippen molar-refractivity contribution in [1.82, 2.24) is 0 Å². The lowest BCUT2D eigenvalue weighted by Crippen LogP contribution is -2.05. The average molecular weight is 304 g/mol. The second-order valence-electron chi connectivity index (χ2n) is 5.27. The van der Waals surface area contributed by atoms with Crippen LogP contribution in [0, 0.1) is 0 Å². The quantitative estimate of drug-likeness (QED) is 0.881. The van der Waals surface area contributed by atoms with E-state index in [1.54, 1.807) is 6.07 Å². The van der Waals surface area contributed by atoms with Gasteiger partial charge in [0.2, 0.25) is 11.2 Å². The number of rotatable bonds is 5. The van der Waals surface area contributed by atoms with Gasteiger partial charge in [-0.25, -0.2) is 0 Å². The fraction of sp³-hybridized carbons (Fsp3) is 0.353. The first kappa shape index (κ1) is 15.9. The molecule has 2 N–H and O–H groups in total. The molecule has 22 heavy (non-hydrogen) atoms.